The number of rotatable bonds is 4. The Kier molecular flexibility index (Phi) is 4.73. The number of carbonyl (C=O) groups excluding carboxylic acids is 1. The Morgan fingerprint density at radius 2 is 2.20 bits per heavy atom. The highest BCUT2D eigenvalue weighted by molar-refractivity contribution is 5.88. The lowest BCUT2D eigenvalue weighted by molar-refractivity contribution is 0.0416. The Balaban J connectivity index is 1.97. The summed E-state index contributed by atoms with van der Waals surface area (Å²) in [5, 5.41) is 5.74. The summed E-state index contributed by atoms with van der Waals surface area (Å²) in [5.74, 6) is 0.819. The van der Waals surface area contributed by atoms with Gasteiger partial charge in [-0.05, 0) is 19.3 Å². The van der Waals surface area contributed by atoms with Gasteiger partial charge in [-0.25, -0.2) is 14.8 Å². The van der Waals surface area contributed by atoms with Crippen LogP contribution in [-0.4, -0.2) is 41.9 Å². The summed E-state index contributed by atoms with van der Waals surface area (Å²) < 4.78 is 10.3. The highest BCUT2D eigenvalue weighted by Gasteiger charge is 2.32. The van der Waals surface area contributed by atoms with Crippen molar-refractivity contribution < 1.29 is 14.3 Å². The first-order valence-electron chi connectivity index (χ1n) is 6.70. The number of nitrogens with zero attached hydrogens (tertiary/aromatic N) is 2. The Morgan fingerprint density at radius 3 is 2.85 bits per heavy atom. The number of nitrogens with one attached hydrogen (secondary N) is 2. The van der Waals surface area contributed by atoms with Gasteiger partial charge in [0.25, 0.3) is 0 Å². The molecule has 0 atom stereocenters. The lowest BCUT2D eigenvalue weighted by Gasteiger charge is -2.37. The van der Waals surface area contributed by atoms with Gasteiger partial charge in [0.1, 0.15) is 12.1 Å². The third-order valence-corrected chi connectivity index (χ3v) is 3.60. The molecule has 0 spiro atoms. The van der Waals surface area contributed by atoms with Gasteiger partial charge in [0.15, 0.2) is 0 Å². The van der Waals surface area contributed by atoms with E-state index in [1.54, 1.807) is 6.07 Å². The molecular weight excluding hydrogens is 260 g/mol. The largest absolute Gasteiger partial charge is 0.481 e. The fourth-order valence-corrected chi connectivity index (χ4v) is 2.24. The second kappa shape index (κ2) is 6.51. The predicted molar refractivity (Wildman–Crippen MR) is 73.8 cm³/mol. The molecule has 110 valence electrons. The van der Waals surface area contributed by atoms with Gasteiger partial charge in [-0.1, -0.05) is 6.92 Å². The van der Waals surface area contributed by atoms with Crippen LogP contribution >= 0.6 is 0 Å². The molecule has 0 aromatic carbocycles. The van der Waals surface area contributed by atoms with Crippen molar-refractivity contribution in [2.75, 3.05) is 25.6 Å². The van der Waals surface area contributed by atoms with Crippen molar-refractivity contribution in [1.82, 2.24) is 15.3 Å². The number of methoxy groups -OCH3 is 1. The zero-order chi connectivity index (χ0) is 14.4. The topological polar surface area (TPSA) is 85.4 Å². The maximum Gasteiger partial charge on any atom is 0.320 e. The van der Waals surface area contributed by atoms with Crippen LogP contribution in [0.4, 0.5) is 10.6 Å². The SMILES string of the molecule is CCC1(NC(=O)Nc2cc(OC)ncn2)CCOCC1. The minimum atomic E-state index is -0.269. The molecular formula is C13H20N4O3. The van der Waals surface area contributed by atoms with Crippen LogP contribution < -0.4 is 15.4 Å². The van der Waals surface area contributed by atoms with Gasteiger partial charge in [0, 0.05) is 24.8 Å². The maximum atomic E-state index is 12.1. The third-order valence-electron chi connectivity index (χ3n) is 3.60. The Labute approximate surface area is 118 Å². The van der Waals surface area contributed by atoms with E-state index in [1.165, 1.54) is 13.4 Å². The summed E-state index contributed by atoms with van der Waals surface area (Å²) in [5.41, 5.74) is -0.195. The van der Waals surface area contributed by atoms with Crippen LogP contribution in [0.3, 0.4) is 0 Å². The molecule has 1 aliphatic rings. The van der Waals surface area contributed by atoms with Crippen molar-refractivity contribution in [3.05, 3.63) is 12.4 Å². The van der Waals surface area contributed by atoms with Gasteiger partial charge < -0.3 is 14.8 Å². The number of amides is 2. The van der Waals surface area contributed by atoms with E-state index in [4.69, 9.17) is 9.47 Å². The number of ether oxygens (including phenoxy) is 2. The van der Waals surface area contributed by atoms with Crippen LogP contribution in [0.15, 0.2) is 12.4 Å². The van der Waals surface area contributed by atoms with Crippen LogP contribution in [0.25, 0.3) is 0 Å². The molecule has 1 fully saturated rings. The predicted octanol–water partition coefficient (Wildman–Crippen LogP) is 1.57. The van der Waals surface area contributed by atoms with Crippen molar-refractivity contribution in [3.8, 4) is 5.88 Å². The van der Waals surface area contributed by atoms with Crippen molar-refractivity contribution >= 4 is 11.8 Å². The van der Waals surface area contributed by atoms with Crippen LogP contribution in [0.5, 0.6) is 5.88 Å². The quantitative estimate of drug-likeness (QED) is 0.874. The fraction of sp³-hybridized carbons (Fsp3) is 0.615. The number of hydrogen-bond donors (Lipinski definition) is 2. The first-order chi connectivity index (χ1) is 9.67. The van der Waals surface area contributed by atoms with E-state index >= 15 is 0 Å². The van der Waals surface area contributed by atoms with E-state index in [9.17, 15) is 4.79 Å². The van der Waals surface area contributed by atoms with E-state index < -0.39 is 0 Å². The molecule has 20 heavy (non-hydrogen) atoms. The molecule has 0 bridgehead atoms. The maximum absolute atomic E-state index is 12.1. The lowest BCUT2D eigenvalue weighted by Crippen LogP contribution is -2.52. The van der Waals surface area contributed by atoms with Crippen LogP contribution in [0.1, 0.15) is 26.2 Å². The molecule has 0 radical (unpaired) electrons. The number of carbonyl (C=O) groups is 1. The van der Waals surface area contributed by atoms with Gasteiger partial charge in [0.2, 0.25) is 5.88 Å². The minimum Gasteiger partial charge on any atom is -0.481 e. The van der Waals surface area contributed by atoms with Gasteiger partial charge in [-0.15, -0.1) is 0 Å². The van der Waals surface area contributed by atoms with Crippen molar-refractivity contribution in [1.29, 1.82) is 0 Å². The van der Waals surface area contributed by atoms with Gasteiger partial charge in [-0.3, -0.25) is 5.32 Å². The molecule has 0 aliphatic carbocycles. The molecule has 0 saturated carbocycles. The molecule has 7 heteroatoms. The molecule has 1 aromatic rings. The number of hydrogen-bond acceptors (Lipinski definition) is 5. The minimum absolute atomic E-state index is 0.195. The molecule has 2 amide bonds. The van der Waals surface area contributed by atoms with Crippen molar-refractivity contribution in [2.24, 2.45) is 0 Å². The van der Waals surface area contributed by atoms with E-state index in [-0.39, 0.29) is 11.6 Å². The summed E-state index contributed by atoms with van der Waals surface area (Å²) in [4.78, 5) is 20.0. The van der Waals surface area contributed by atoms with Gasteiger partial charge in [0.05, 0.1) is 7.11 Å². The van der Waals surface area contributed by atoms with E-state index in [0.717, 1.165) is 19.3 Å². The zero-order valence-electron chi connectivity index (χ0n) is 11.8. The summed E-state index contributed by atoms with van der Waals surface area (Å²) in [7, 11) is 1.51. The summed E-state index contributed by atoms with van der Waals surface area (Å²) in [6.45, 7) is 3.42. The summed E-state index contributed by atoms with van der Waals surface area (Å²) in [6, 6.07) is 1.30. The van der Waals surface area contributed by atoms with Crippen molar-refractivity contribution in [3.63, 3.8) is 0 Å². The molecule has 1 saturated heterocycles. The lowest BCUT2D eigenvalue weighted by atomic mass is 9.87. The highest BCUT2D eigenvalue weighted by atomic mass is 16.5. The number of aromatic nitrogens is 2. The molecule has 1 aliphatic heterocycles. The molecule has 2 rings (SSSR count). The summed E-state index contributed by atoms with van der Waals surface area (Å²) in [6.07, 6.45) is 3.86. The van der Waals surface area contributed by atoms with Gasteiger partial charge in [-0.2, -0.15) is 0 Å². The summed E-state index contributed by atoms with van der Waals surface area (Å²) >= 11 is 0. The zero-order valence-corrected chi connectivity index (χ0v) is 11.8. The molecule has 2 N–H and O–H groups in total. The smallest absolute Gasteiger partial charge is 0.320 e. The molecule has 2 heterocycles. The van der Waals surface area contributed by atoms with E-state index in [2.05, 4.69) is 27.5 Å². The number of anilines is 1. The highest BCUT2D eigenvalue weighted by Crippen LogP contribution is 2.24. The average Bonchev–Trinajstić information content (AvgIpc) is 2.48. The van der Waals surface area contributed by atoms with Crippen molar-refractivity contribution in [2.45, 2.75) is 31.7 Å². The van der Waals surface area contributed by atoms with Crippen LogP contribution in [0, 0.1) is 0 Å². The Morgan fingerprint density at radius 1 is 1.45 bits per heavy atom. The normalized spacial score (nSPS) is 17.3. The first kappa shape index (κ1) is 14.5. The molecule has 7 nitrogen and oxygen atoms in total. The Hall–Kier alpha value is -1.89. The molecule has 1 aromatic heterocycles. The number of urea groups is 1. The Bertz CT molecular complexity index is 461. The molecule has 0 unspecified atom stereocenters. The van der Waals surface area contributed by atoms with E-state index in [0.29, 0.717) is 24.9 Å². The van der Waals surface area contributed by atoms with Crippen LogP contribution in [-0.2, 0) is 4.74 Å². The third kappa shape index (κ3) is 3.57. The van der Waals surface area contributed by atoms with E-state index in [1.807, 2.05) is 0 Å². The second-order valence-electron chi connectivity index (χ2n) is 4.77. The van der Waals surface area contributed by atoms with Crippen LogP contribution in [0.2, 0.25) is 0 Å². The first-order valence-corrected chi connectivity index (χ1v) is 6.70. The fourth-order valence-electron chi connectivity index (χ4n) is 2.24. The average molecular weight is 280 g/mol. The second-order valence-corrected chi connectivity index (χ2v) is 4.77. The van der Waals surface area contributed by atoms with Gasteiger partial charge >= 0.3 is 6.03 Å². The standard InChI is InChI=1S/C13H20N4O3/c1-3-13(4-6-20-7-5-13)17-12(18)16-10-8-11(19-2)15-9-14-10/h8-9H,3-7H2,1-2H3,(H2,14,15,16,17,18). The monoisotopic (exact) mass is 280 g/mol.